The Kier molecular flexibility index (Phi) is 6.49. The SMILES string of the molecule is COc1cc(C(=O)Nc2cccc(NC(=O)c3cccnc3)c2)cc(OC)c1OC. The van der Waals surface area contributed by atoms with Gasteiger partial charge in [-0.15, -0.1) is 0 Å². The maximum atomic E-state index is 12.7. The molecule has 154 valence electrons. The Balaban J connectivity index is 1.78. The average Bonchev–Trinajstić information content (AvgIpc) is 2.78. The van der Waals surface area contributed by atoms with Crippen LogP contribution in [0.2, 0.25) is 0 Å². The first kappa shape index (κ1) is 20.7. The number of benzene rings is 2. The van der Waals surface area contributed by atoms with E-state index in [2.05, 4.69) is 15.6 Å². The number of carbonyl (C=O) groups is 2. The summed E-state index contributed by atoms with van der Waals surface area (Å²) in [6.07, 6.45) is 3.07. The van der Waals surface area contributed by atoms with Crippen molar-refractivity contribution in [1.29, 1.82) is 0 Å². The minimum Gasteiger partial charge on any atom is -0.493 e. The van der Waals surface area contributed by atoms with Crippen molar-refractivity contribution in [1.82, 2.24) is 4.98 Å². The van der Waals surface area contributed by atoms with Crippen LogP contribution in [-0.2, 0) is 0 Å². The van der Waals surface area contributed by atoms with Gasteiger partial charge in [0.05, 0.1) is 26.9 Å². The van der Waals surface area contributed by atoms with Gasteiger partial charge in [-0.1, -0.05) is 6.07 Å². The molecule has 0 unspecified atom stereocenters. The second-order valence-corrected chi connectivity index (χ2v) is 6.14. The number of hydrogen-bond acceptors (Lipinski definition) is 6. The maximum absolute atomic E-state index is 12.7. The lowest BCUT2D eigenvalue weighted by molar-refractivity contribution is 0.101. The molecular formula is C22H21N3O5. The first-order valence-corrected chi connectivity index (χ1v) is 8.98. The van der Waals surface area contributed by atoms with Gasteiger partial charge in [0.2, 0.25) is 5.75 Å². The van der Waals surface area contributed by atoms with Gasteiger partial charge in [0.25, 0.3) is 11.8 Å². The number of hydrogen-bond donors (Lipinski definition) is 2. The zero-order valence-electron chi connectivity index (χ0n) is 16.8. The number of carbonyl (C=O) groups excluding carboxylic acids is 2. The van der Waals surface area contributed by atoms with Gasteiger partial charge in [-0.3, -0.25) is 14.6 Å². The molecule has 0 radical (unpaired) electrons. The smallest absolute Gasteiger partial charge is 0.257 e. The molecule has 0 aliphatic heterocycles. The molecule has 0 aliphatic rings. The molecule has 30 heavy (non-hydrogen) atoms. The Hall–Kier alpha value is -4.07. The van der Waals surface area contributed by atoms with E-state index in [0.717, 1.165) is 0 Å². The topological polar surface area (TPSA) is 98.8 Å². The number of ether oxygens (including phenoxy) is 3. The van der Waals surface area contributed by atoms with E-state index < -0.39 is 0 Å². The highest BCUT2D eigenvalue weighted by atomic mass is 16.5. The summed E-state index contributed by atoms with van der Waals surface area (Å²) in [4.78, 5) is 29.0. The number of nitrogens with zero attached hydrogens (tertiary/aromatic N) is 1. The summed E-state index contributed by atoms with van der Waals surface area (Å²) < 4.78 is 15.8. The Morgan fingerprint density at radius 1 is 0.767 bits per heavy atom. The molecule has 2 aromatic carbocycles. The second kappa shape index (κ2) is 9.42. The molecule has 3 aromatic rings. The average molecular weight is 407 g/mol. The number of anilines is 2. The molecule has 0 saturated heterocycles. The van der Waals surface area contributed by atoms with Crippen molar-refractivity contribution in [2.75, 3.05) is 32.0 Å². The molecule has 0 bridgehead atoms. The zero-order chi connectivity index (χ0) is 21.5. The van der Waals surface area contributed by atoms with Crippen molar-refractivity contribution in [2.24, 2.45) is 0 Å². The fraction of sp³-hybridized carbons (Fsp3) is 0.136. The van der Waals surface area contributed by atoms with Gasteiger partial charge in [-0.25, -0.2) is 0 Å². The molecule has 8 nitrogen and oxygen atoms in total. The number of aromatic nitrogens is 1. The van der Waals surface area contributed by atoms with E-state index in [1.807, 2.05) is 0 Å². The van der Waals surface area contributed by atoms with Gasteiger partial charge in [-0.2, -0.15) is 0 Å². The summed E-state index contributed by atoms with van der Waals surface area (Å²) in [5.74, 6) is 0.483. The molecule has 3 rings (SSSR count). The molecule has 0 atom stereocenters. The minimum atomic E-state index is -0.370. The van der Waals surface area contributed by atoms with Crippen molar-refractivity contribution in [3.63, 3.8) is 0 Å². The quantitative estimate of drug-likeness (QED) is 0.621. The lowest BCUT2D eigenvalue weighted by Gasteiger charge is -2.14. The molecule has 1 heterocycles. The predicted octanol–water partition coefficient (Wildman–Crippen LogP) is 3.61. The monoisotopic (exact) mass is 407 g/mol. The maximum Gasteiger partial charge on any atom is 0.257 e. The van der Waals surface area contributed by atoms with E-state index in [4.69, 9.17) is 14.2 Å². The largest absolute Gasteiger partial charge is 0.493 e. The summed E-state index contributed by atoms with van der Waals surface area (Å²) in [5.41, 5.74) is 1.81. The van der Waals surface area contributed by atoms with Crippen LogP contribution < -0.4 is 24.8 Å². The van der Waals surface area contributed by atoms with Crippen LogP contribution >= 0.6 is 0 Å². The van der Waals surface area contributed by atoms with Crippen molar-refractivity contribution in [2.45, 2.75) is 0 Å². The molecule has 0 spiro atoms. The van der Waals surface area contributed by atoms with Gasteiger partial charge >= 0.3 is 0 Å². The minimum absolute atomic E-state index is 0.295. The highest BCUT2D eigenvalue weighted by Crippen LogP contribution is 2.38. The van der Waals surface area contributed by atoms with Crippen LogP contribution in [0.3, 0.4) is 0 Å². The molecule has 0 saturated carbocycles. The molecule has 0 fully saturated rings. The fourth-order valence-corrected chi connectivity index (χ4v) is 2.79. The molecule has 2 amide bonds. The van der Waals surface area contributed by atoms with E-state index >= 15 is 0 Å². The Morgan fingerprint density at radius 3 is 1.87 bits per heavy atom. The first-order chi connectivity index (χ1) is 14.5. The van der Waals surface area contributed by atoms with Crippen molar-refractivity contribution < 1.29 is 23.8 Å². The Morgan fingerprint density at radius 2 is 1.37 bits per heavy atom. The fourth-order valence-electron chi connectivity index (χ4n) is 2.79. The van der Waals surface area contributed by atoms with Crippen molar-refractivity contribution in [3.8, 4) is 17.2 Å². The third-order valence-electron chi connectivity index (χ3n) is 4.23. The van der Waals surface area contributed by atoms with Crippen LogP contribution in [-0.4, -0.2) is 38.1 Å². The predicted molar refractivity (Wildman–Crippen MR) is 113 cm³/mol. The highest BCUT2D eigenvalue weighted by Gasteiger charge is 2.17. The van der Waals surface area contributed by atoms with E-state index in [0.29, 0.717) is 39.8 Å². The lowest BCUT2D eigenvalue weighted by Crippen LogP contribution is -2.14. The van der Waals surface area contributed by atoms with Crippen LogP contribution in [0.4, 0.5) is 11.4 Å². The lowest BCUT2D eigenvalue weighted by atomic mass is 10.1. The third-order valence-corrected chi connectivity index (χ3v) is 4.23. The van der Waals surface area contributed by atoms with Crippen molar-refractivity contribution in [3.05, 3.63) is 72.1 Å². The molecule has 2 N–H and O–H groups in total. The van der Waals surface area contributed by atoms with E-state index in [9.17, 15) is 9.59 Å². The molecular weight excluding hydrogens is 386 g/mol. The van der Waals surface area contributed by atoms with Crippen LogP contribution in [0.5, 0.6) is 17.2 Å². The van der Waals surface area contributed by atoms with Crippen LogP contribution in [0.1, 0.15) is 20.7 Å². The molecule has 0 aliphatic carbocycles. The molecule has 8 heteroatoms. The first-order valence-electron chi connectivity index (χ1n) is 8.98. The van der Waals surface area contributed by atoms with E-state index in [-0.39, 0.29) is 11.8 Å². The van der Waals surface area contributed by atoms with E-state index in [1.54, 1.807) is 54.7 Å². The molecule has 1 aromatic heterocycles. The highest BCUT2D eigenvalue weighted by molar-refractivity contribution is 6.06. The number of rotatable bonds is 7. The second-order valence-electron chi connectivity index (χ2n) is 6.14. The third kappa shape index (κ3) is 4.67. The number of nitrogens with one attached hydrogen (secondary N) is 2. The van der Waals surface area contributed by atoms with Crippen LogP contribution in [0.15, 0.2) is 60.9 Å². The normalized spacial score (nSPS) is 10.1. The van der Waals surface area contributed by atoms with Crippen LogP contribution in [0, 0.1) is 0 Å². The summed E-state index contributed by atoms with van der Waals surface area (Å²) in [6.45, 7) is 0. The number of amides is 2. The Labute approximate surface area is 173 Å². The zero-order valence-corrected chi connectivity index (χ0v) is 16.8. The summed E-state index contributed by atoms with van der Waals surface area (Å²) in [7, 11) is 4.45. The van der Waals surface area contributed by atoms with Crippen LogP contribution in [0.25, 0.3) is 0 Å². The summed E-state index contributed by atoms with van der Waals surface area (Å²) in [6, 6.07) is 13.3. The van der Waals surface area contributed by atoms with Gasteiger partial charge in [0.1, 0.15) is 0 Å². The van der Waals surface area contributed by atoms with Gasteiger partial charge in [-0.05, 0) is 42.5 Å². The summed E-state index contributed by atoms with van der Waals surface area (Å²) in [5, 5.41) is 5.57. The number of pyridine rings is 1. The van der Waals surface area contributed by atoms with Crippen molar-refractivity contribution >= 4 is 23.2 Å². The van der Waals surface area contributed by atoms with Gasteiger partial charge in [0.15, 0.2) is 11.5 Å². The number of methoxy groups -OCH3 is 3. The van der Waals surface area contributed by atoms with Gasteiger partial charge < -0.3 is 24.8 Å². The van der Waals surface area contributed by atoms with E-state index in [1.165, 1.54) is 27.5 Å². The van der Waals surface area contributed by atoms with Gasteiger partial charge in [0, 0.05) is 29.3 Å². The summed E-state index contributed by atoms with van der Waals surface area (Å²) >= 11 is 0. The standard InChI is InChI=1S/C22H21N3O5/c1-28-18-10-15(11-19(29-2)20(18)30-3)22(27)25-17-8-4-7-16(12-17)24-21(26)14-6-5-9-23-13-14/h4-13H,1-3H3,(H,24,26)(H,25,27). The Bertz CT molecular complexity index is 1030.